The quantitative estimate of drug-likeness (QED) is 0.625. The summed E-state index contributed by atoms with van der Waals surface area (Å²) in [6, 6.07) is 21.5. The maximum atomic E-state index is 3.90. The van der Waals surface area contributed by atoms with Gasteiger partial charge in [-0.15, -0.1) is 0 Å². The van der Waals surface area contributed by atoms with Crippen molar-refractivity contribution in [3.8, 4) is 0 Å². The van der Waals surface area contributed by atoms with E-state index in [0.29, 0.717) is 0 Å². The van der Waals surface area contributed by atoms with Crippen molar-refractivity contribution in [2.75, 3.05) is 0 Å². The van der Waals surface area contributed by atoms with Crippen LogP contribution in [0.3, 0.4) is 0 Å². The van der Waals surface area contributed by atoms with E-state index in [-0.39, 0.29) is 0 Å². The molecule has 2 rings (SSSR count). The van der Waals surface area contributed by atoms with Crippen LogP contribution in [0.15, 0.2) is 60.7 Å². The first-order valence-electron chi connectivity index (χ1n) is 4.44. The van der Waals surface area contributed by atoms with Crippen LogP contribution in [-0.2, 0) is 0 Å². The molecule has 0 atom stereocenters. The number of hydrogen-bond acceptors (Lipinski definition) is 0. The summed E-state index contributed by atoms with van der Waals surface area (Å²) in [5, 5.41) is 0. The molecule has 0 N–H and O–H groups in total. The fourth-order valence-electron chi connectivity index (χ4n) is 1.27. The van der Waals surface area contributed by atoms with Crippen LogP contribution in [0.4, 0.5) is 0 Å². The summed E-state index contributed by atoms with van der Waals surface area (Å²) in [5.74, 6) is 0. The second kappa shape index (κ2) is 5.04. The molecule has 0 aliphatic heterocycles. The topological polar surface area (TPSA) is 0 Å². The fourth-order valence-corrected chi connectivity index (χ4v) is 9.95. The molecule has 0 saturated carbocycles. The minimum absolute atomic E-state index is 1.49. The Hall–Kier alpha value is -0.197. The van der Waals surface area contributed by atoms with Gasteiger partial charge in [-0.25, -0.2) is 0 Å². The van der Waals surface area contributed by atoms with Crippen molar-refractivity contribution in [1.82, 2.24) is 0 Å². The summed E-state index contributed by atoms with van der Waals surface area (Å²) in [5.41, 5.74) is 0. The van der Waals surface area contributed by atoms with E-state index in [1.54, 1.807) is 0 Å². The zero-order chi connectivity index (χ0) is 9.80. The molecule has 0 radical (unpaired) electrons. The van der Waals surface area contributed by atoms with Gasteiger partial charge in [0.1, 0.15) is 0 Å². The van der Waals surface area contributed by atoms with Gasteiger partial charge in [0.25, 0.3) is 0 Å². The molecule has 0 unspecified atom stereocenters. The molecule has 0 heterocycles. The van der Waals surface area contributed by atoms with Crippen molar-refractivity contribution in [2.24, 2.45) is 0 Å². The van der Waals surface area contributed by atoms with Gasteiger partial charge in [0.05, 0.1) is 0 Å². The predicted octanol–water partition coefficient (Wildman–Crippen LogP) is 2.19. The van der Waals surface area contributed by atoms with Crippen LogP contribution >= 0.6 is 12.2 Å². The van der Waals surface area contributed by atoms with Crippen molar-refractivity contribution in [2.45, 2.75) is 0 Å². The monoisotopic (exact) mass is 442 g/mol. The zero-order valence-electron chi connectivity index (χ0n) is 7.60. The van der Waals surface area contributed by atoms with E-state index in [4.69, 9.17) is 0 Å². The summed E-state index contributed by atoms with van der Waals surface area (Å²) < 4.78 is 2.99. The summed E-state index contributed by atoms with van der Waals surface area (Å²) in [6.45, 7) is 0. The van der Waals surface area contributed by atoms with Gasteiger partial charge in [0.15, 0.2) is 0 Å². The van der Waals surface area contributed by atoms with E-state index in [1.165, 1.54) is 6.54 Å². The third-order valence-corrected chi connectivity index (χ3v) is 15.0. The van der Waals surface area contributed by atoms with Crippen molar-refractivity contribution in [3.05, 3.63) is 60.7 Å². The standard InChI is InChI=1S/2C6H5.Bi.BrH/c2*1-2-4-6-5-3-1;;/h2*1-5H;;1H/q;;+1;/p-1. The van der Waals surface area contributed by atoms with Gasteiger partial charge in [-0.3, -0.25) is 0 Å². The van der Waals surface area contributed by atoms with E-state index in [2.05, 4.69) is 72.9 Å². The van der Waals surface area contributed by atoms with E-state index < -0.39 is 19.4 Å². The van der Waals surface area contributed by atoms with Gasteiger partial charge in [-0.1, -0.05) is 0 Å². The Balaban J connectivity index is 2.30. The van der Waals surface area contributed by atoms with Crippen LogP contribution in [0.1, 0.15) is 0 Å². The van der Waals surface area contributed by atoms with Gasteiger partial charge in [-0.05, 0) is 0 Å². The molecule has 0 aromatic heterocycles. The first-order chi connectivity index (χ1) is 6.88. The van der Waals surface area contributed by atoms with Gasteiger partial charge in [0, 0.05) is 0 Å². The average molecular weight is 443 g/mol. The van der Waals surface area contributed by atoms with E-state index in [9.17, 15) is 0 Å². The van der Waals surface area contributed by atoms with Crippen molar-refractivity contribution in [1.29, 1.82) is 0 Å². The van der Waals surface area contributed by atoms with Gasteiger partial charge >= 0.3 is 98.8 Å². The molecule has 0 fully saturated rings. The number of hydrogen-bond donors (Lipinski definition) is 0. The van der Waals surface area contributed by atoms with Crippen LogP contribution < -0.4 is 6.54 Å². The molecular formula is C12H10BiBr. The third kappa shape index (κ3) is 2.43. The molecule has 0 amide bonds. The molecule has 0 saturated heterocycles. The maximum absolute atomic E-state index is 3.90. The van der Waals surface area contributed by atoms with Gasteiger partial charge in [0.2, 0.25) is 0 Å². The molecule has 14 heavy (non-hydrogen) atoms. The van der Waals surface area contributed by atoms with Crippen molar-refractivity contribution >= 4 is 38.2 Å². The molecule has 70 valence electrons. The molecule has 0 bridgehead atoms. The Morgan fingerprint density at radius 1 is 0.643 bits per heavy atom. The molecule has 0 aliphatic carbocycles. The molecule has 0 spiro atoms. The molecule has 2 aromatic carbocycles. The van der Waals surface area contributed by atoms with Crippen molar-refractivity contribution in [3.63, 3.8) is 0 Å². The normalized spacial score (nSPS) is 10.4. The SMILES string of the molecule is [Br][Bi]([c]1ccccc1)[c]1ccccc1. The number of halogens is 1. The Labute approximate surface area is 98.1 Å². The average Bonchev–Trinajstić information content (AvgIpc) is 2.30. The Bertz CT molecular complexity index is 346. The number of benzene rings is 2. The van der Waals surface area contributed by atoms with Crippen LogP contribution in [0.25, 0.3) is 0 Å². The molecule has 2 heteroatoms. The predicted molar refractivity (Wildman–Crippen MR) is 66.8 cm³/mol. The molecule has 2 aromatic rings. The summed E-state index contributed by atoms with van der Waals surface area (Å²) in [4.78, 5) is 0. The fraction of sp³-hybridized carbons (Fsp3) is 0. The van der Waals surface area contributed by atoms with E-state index in [1.807, 2.05) is 0 Å². The molecular weight excluding hydrogens is 433 g/mol. The Morgan fingerprint density at radius 3 is 1.36 bits per heavy atom. The first-order valence-corrected chi connectivity index (χ1v) is 15.5. The van der Waals surface area contributed by atoms with Crippen LogP contribution in [0.5, 0.6) is 0 Å². The van der Waals surface area contributed by atoms with Crippen LogP contribution in [0, 0.1) is 0 Å². The van der Waals surface area contributed by atoms with E-state index >= 15 is 0 Å². The number of rotatable bonds is 2. The minimum atomic E-state index is -1.76. The zero-order valence-corrected chi connectivity index (χ0v) is 12.7. The Kier molecular flexibility index (Phi) is 3.72. The summed E-state index contributed by atoms with van der Waals surface area (Å²) >= 11 is 2.14. The second-order valence-corrected chi connectivity index (χ2v) is 15.4. The molecule has 0 nitrogen and oxygen atoms in total. The second-order valence-electron chi connectivity index (χ2n) is 2.95. The van der Waals surface area contributed by atoms with Gasteiger partial charge in [-0.2, -0.15) is 0 Å². The third-order valence-electron chi connectivity index (χ3n) is 1.97. The van der Waals surface area contributed by atoms with Crippen LogP contribution in [-0.4, -0.2) is 19.4 Å². The van der Waals surface area contributed by atoms with Crippen LogP contribution in [0.2, 0.25) is 0 Å². The van der Waals surface area contributed by atoms with E-state index in [0.717, 1.165) is 0 Å². The van der Waals surface area contributed by atoms with Gasteiger partial charge < -0.3 is 0 Å². The van der Waals surface area contributed by atoms with Crippen molar-refractivity contribution < 1.29 is 0 Å². The first kappa shape index (κ1) is 10.3. The molecule has 0 aliphatic rings. The summed E-state index contributed by atoms with van der Waals surface area (Å²) in [6.07, 6.45) is 0. The summed E-state index contributed by atoms with van der Waals surface area (Å²) in [7, 11) is 0. The Morgan fingerprint density at radius 2 is 1.00 bits per heavy atom.